The predicted octanol–water partition coefficient (Wildman–Crippen LogP) is 2.94. The lowest BCUT2D eigenvalue weighted by atomic mass is 10.0. The number of methoxy groups -OCH3 is 1. The molecule has 31 heavy (non-hydrogen) atoms. The summed E-state index contributed by atoms with van der Waals surface area (Å²) >= 11 is 0. The summed E-state index contributed by atoms with van der Waals surface area (Å²) in [6.07, 6.45) is 1.97. The molecule has 0 aliphatic carbocycles. The Morgan fingerprint density at radius 1 is 1.16 bits per heavy atom. The summed E-state index contributed by atoms with van der Waals surface area (Å²) in [5.74, 6) is 0.0998. The Hall–Kier alpha value is -3.61. The van der Waals surface area contributed by atoms with Crippen molar-refractivity contribution in [3.63, 3.8) is 0 Å². The maximum atomic E-state index is 12.7. The second-order valence-electron chi connectivity index (χ2n) is 7.55. The topological polar surface area (TPSA) is 79.0 Å². The lowest BCUT2D eigenvalue weighted by Gasteiger charge is -2.32. The number of likely N-dealkylation sites (N-methyl/N-ethyl adjacent to an activating group) is 1. The van der Waals surface area contributed by atoms with Gasteiger partial charge < -0.3 is 19.9 Å². The minimum atomic E-state index is -0.275. The van der Waals surface area contributed by atoms with Crippen LogP contribution >= 0.6 is 0 Å². The average molecular weight is 421 g/mol. The van der Waals surface area contributed by atoms with Crippen LogP contribution in [0, 0.1) is 0 Å². The molecule has 2 aromatic rings. The molecule has 0 saturated carbocycles. The van der Waals surface area contributed by atoms with Crippen molar-refractivity contribution in [2.24, 2.45) is 0 Å². The van der Waals surface area contributed by atoms with Crippen molar-refractivity contribution in [2.45, 2.75) is 12.8 Å². The lowest BCUT2D eigenvalue weighted by molar-refractivity contribution is -0.127. The van der Waals surface area contributed by atoms with Gasteiger partial charge in [-0.2, -0.15) is 0 Å². The average Bonchev–Trinajstić information content (AvgIpc) is 2.78. The van der Waals surface area contributed by atoms with Gasteiger partial charge in [0.1, 0.15) is 17.7 Å². The number of anilines is 1. The minimum Gasteiger partial charge on any atom is -0.496 e. The fraction of sp³-hybridized carbons (Fsp3) is 0.292. The molecule has 7 heteroatoms. The second kappa shape index (κ2) is 9.93. The molecule has 1 aliphatic rings. The number of nitrogens with one attached hydrogen (secondary N) is 1. The zero-order chi connectivity index (χ0) is 22.4. The van der Waals surface area contributed by atoms with Crippen molar-refractivity contribution in [3.05, 3.63) is 59.8 Å². The molecular weight excluding hydrogens is 394 g/mol. The highest BCUT2D eigenvalue weighted by Crippen LogP contribution is 2.32. The number of nitrogens with zero attached hydrogens (tertiary/aromatic N) is 2. The first kappa shape index (κ1) is 22.1. The quantitative estimate of drug-likeness (QED) is 0.696. The Bertz CT molecular complexity index is 999. The molecule has 0 aromatic heterocycles. The molecule has 1 heterocycles. The summed E-state index contributed by atoms with van der Waals surface area (Å²) in [6.45, 7) is 0.519. The molecule has 0 fully saturated rings. The Labute approximate surface area is 182 Å². The van der Waals surface area contributed by atoms with Gasteiger partial charge in [-0.05, 0) is 30.5 Å². The summed E-state index contributed by atoms with van der Waals surface area (Å²) in [5, 5.41) is 2.87. The fourth-order valence-electron chi connectivity index (χ4n) is 3.65. The Kier molecular flexibility index (Phi) is 7.07. The number of carbonyl (C=O) groups is 3. The number of hydrogen-bond acceptors (Lipinski definition) is 5. The normalized spacial score (nSPS) is 13.6. The van der Waals surface area contributed by atoms with Gasteiger partial charge in [0, 0.05) is 43.5 Å². The second-order valence-corrected chi connectivity index (χ2v) is 7.55. The highest BCUT2D eigenvalue weighted by molar-refractivity contribution is 6.00. The third kappa shape index (κ3) is 5.12. The molecule has 0 spiro atoms. The molecule has 0 bridgehead atoms. The van der Waals surface area contributed by atoms with E-state index in [1.807, 2.05) is 42.5 Å². The van der Waals surface area contributed by atoms with E-state index in [4.69, 9.17) is 4.74 Å². The van der Waals surface area contributed by atoms with Crippen molar-refractivity contribution in [1.29, 1.82) is 0 Å². The maximum absolute atomic E-state index is 12.7. The molecular formula is C24H27N3O4. The Morgan fingerprint density at radius 2 is 1.90 bits per heavy atom. The van der Waals surface area contributed by atoms with E-state index in [1.165, 1.54) is 4.90 Å². The molecule has 162 valence electrons. The van der Waals surface area contributed by atoms with E-state index >= 15 is 0 Å². The van der Waals surface area contributed by atoms with Crippen LogP contribution in [0.25, 0.3) is 11.1 Å². The number of ether oxygens (including phenoxy) is 1. The SMILES string of the molecule is COc1cc(NC(=O)CN2CCCC(C=O)=C2C(=O)N(C)C)ccc1-c1ccccc1. The summed E-state index contributed by atoms with van der Waals surface area (Å²) in [5.41, 5.74) is 3.28. The van der Waals surface area contributed by atoms with E-state index in [-0.39, 0.29) is 18.4 Å². The van der Waals surface area contributed by atoms with Crippen LogP contribution in [0.4, 0.5) is 5.69 Å². The van der Waals surface area contributed by atoms with Gasteiger partial charge in [-0.3, -0.25) is 14.4 Å². The molecule has 0 unspecified atom stereocenters. The van der Waals surface area contributed by atoms with Crippen molar-refractivity contribution >= 4 is 23.8 Å². The third-order valence-corrected chi connectivity index (χ3v) is 5.15. The number of hydrogen-bond donors (Lipinski definition) is 1. The van der Waals surface area contributed by atoms with Gasteiger partial charge in [-0.1, -0.05) is 30.3 Å². The number of aldehydes is 1. The molecule has 0 radical (unpaired) electrons. The molecule has 2 aromatic carbocycles. The van der Waals surface area contributed by atoms with E-state index in [0.717, 1.165) is 11.1 Å². The molecule has 1 N–H and O–H groups in total. The van der Waals surface area contributed by atoms with Crippen LogP contribution in [-0.2, 0) is 14.4 Å². The fourth-order valence-corrected chi connectivity index (χ4v) is 3.65. The van der Waals surface area contributed by atoms with Crippen LogP contribution in [0.15, 0.2) is 59.8 Å². The van der Waals surface area contributed by atoms with Gasteiger partial charge >= 0.3 is 0 Å². The van der Waals surface area contributed by atoms with Crippen LogP contribution in [0.5, 0.6) is 5.75 Å². The number of amides is 2. The molecule has 0 saturated heterocycles. The zero-order valence-electron chi connectivity index (χ0n) is 18.1. The number of benzene rings is 2. The number of allylic oxidation sites excluding steroid dienone is 1. The first-order valence-electron chi connectivity index (χ1n) is 10.1. The summed E-state index contributed by atoms with van der Waals surface area (Å²) in [6, 6.07) is 15.3. The van der Waals surface area contributed by atoms with Crippen LogP contribution in [0.3, 0.4) is 0 Å². The van der Waals surface area contributed by atoms with Gasteiger partial charge in [-0.15, -0.1) is 0 Å². The monoisotopic (exact) mass is 421 g/mol. The molecule has 2 amide bonds. The lowest BCUT2D eigenvalue weighted by Crippen LogP contribution is -2.42. The smallest absolute Gasteiger partial charge is 0.270 e. The van der Waals surface area contributed by atoms with Gasteiger partial charge in [0.25, 0.3) is 5.91 Å². The Balaban J connectivity index is 1.77. The van der Waals surface area contributed by atoms with E-state index in [0.29, 0.717) is 48.4 Å². The summed E-state index contributed by atoms with van der Waals surface area (Å²) in [7, 11) is 4.85. The van der Waals surface area contributed by atoms with E-state index in [1.54, 1.807) is 32.2 Å². The predicted molar refractivity (Wildman–Crippen MR) is 120 cm³/mol. The first-order valence-corrected chi connectivity index (χ1v) is 10.1. The van der Waals surface area contributed by atoms with Crippen LogP contribution in [0.1, 0.15) is 12.8 Å². The third-order valence-electron chi connectivity index (χ3n) is 5.15. The minimum absolute atomic E-state index is 0.0188. The standard InChI is InChI=1S/C24H27N3O4/c1-26(2)24(30)23-18(16-28)10-7-13-27(23)15-22(29)25-19-11-12-20(21(14-19)31-3)17-8-5-4-6-9-17/h4-6,8-9,11-12,14,16H,7,10,13,15H2,1-3H3,(H,25,29). The van der Waals surface area contributed by atoms with Crippen molar-refractivity contribution < 1.29 is 19.1 Å². The highest BCUT2D eigenvalue weighted by atomic mass is 16.5. The van der Waals surface area contributed by atoms with Crippen LogP contribution in [-0.4, -0.2) is 62.2 Å². The zero-order valence-corrected chi connectivity index (χ0v) is 18.1. The van der Waals surface area contributed by atoms with Gasteiger partial charge in [-0.25, -0.2) is 0 Å². The Morgan fingerprint density at radius 3 is 2.55 bits per heavy atom. The van der Waals surface area contributed by atoms with Gasteiger partial charge in [0.2, 0.25) is 5.91 Å². The number of carbonyl (C=O) groups excluding carboxylic acids is 3. The summed E-state index contributed by atoms with van der Waals surface area (Å²) in [4.78, 5) is 39.9. The largest absolute Gasteiger partial charge is 0.496 e. The molecule has 1 aliphatic heterocycles. The van der Waals surface area contributed by atoms with E-state index in [9.17, 15) is 14.4 Å². The van der Waals surface area contributed by atoms with Gasteiger partial charge in [0.15, 0.2) is 0 Å². The van der Waals surface area contributed by atoms with Crippen molar-refractivity contribution in [1.82, 2.24) is 9.80 Å². The maximum Gasteiger partial charge on any atom is 0.270 e. The number of rotatable bonds is 7. The molecule has 3 rings (SSSR count). The summed E-state index contributed by atoms with van der Waals surface area (Å²) < 4.78 is 5.52. The molecule has 7 nitrogen and oxygen atoms in total. The van der Waals surface area contributed by atoms with E-state index in [2.05, 4.69) is 5.32 Å². The van der Waals surface area contributed by atoms with Crippen molar-refractivity contribution in [2.75, 3.05) is 39.6 Å². The van der Waals surface area contributed by atoms with Crippen molar-refractivity contribution in [3.8, 4) is 16.9 Å². The van der Waals surface area contributed by atoms with Crippen LogP contribution < -0.4 is 10.1 Å². The van der Waals surface area contributed by atoms with Crippen LogP contribution in [0.2, 0.25) is 0 Å². The van der Waals surface area contributed by atoms with E-state index < -0.39 is 0 Å². The molecule has 0 atom stereocenters. The first-order chi connectivity index (χ1) is 14.9. The highest BCUT2D eigenvalue weighted by Gasteiger charge is 2.28. The van der Waals surface area contributed by atoms with Gasteiger partial charge in [0.05, 0.1) is 13.7 Å².